The molecule has 1 fully saturated rings. The topological polar surface area (TPSA) is 85.0 Å². The molecule has 0 aliphatic carbocycles. The number of amides is 2. The monoisotopic (exact) mass is 420 g/mol. The number of carbonyl (C=O) groups excluding carboxylic acids is 2. The number of piperidine rings is 1. The number of hydrogen-bond donors (Lipinski definition) is 1. The Balaban J connectivity index is 1.43. The highest BCUT2D eigenvalue weighted by Gasteiger charge is 2.32. The summed E-state index contributed by atoms with van der Waals surface area (Å²) in [5.41, 5.74) is 4.52. The highest BCUT2D eigenvalue weighted by atomic mass is 16.2. The van der Waals surface area contributed by atoms with Crippen LogP contribution in [0.1, 0.15) is 36.3 Å². The molecule has 1 N–H and O–H groups in total. The second-order valence-electron chi connectivity index (χ2n) is 8.13. The van der Waals surface area contributed by atoms with E-state index in [9.17, 15) is 9.59 Å². The zero-order valence-electron chi connectivity index (χ0n) is 18.2. The van der Waals surface area contributed by atoms with Gasteiger partial charge in [0.05, 0.1) is 17.1 Å². The van der Waals surface area contributed by atoms with E-state index in [1.54, 1.807) is 15.8 Å². The third-order valence-electron chi connectivity index (χ3n) is 5.59. The van der Waals surface area contributed by atoms with Crippen LogP contribution in [0.4, 0.5) is 5.69 Å². The van der Waals surface area contributed by atoms with Gasteiger partial charge in [-0.15, -0.1) is 0 Å². The lowest BCUT2D eigenvalue weighted by Gasteiger charge is -2.34. The Morgan fingerprint density at radius 1 is 1.03 bits per heavy atom. The largest absolute Gasteiger partial charge is 0.329 e. The number of likely N-dealkylation sites (tertiary alicyclic amines) is 1. The molecule has 4 rings (SSSR count). The van der Waals surface area contributed by atoms with Crippen LogP contribution in [0, 0.1) is 20.8 Å². The molecule has 2 aromatic heterocycles. The van der Waals surface area contributed by atoms with Crippen LogP contribution in [0.15, 0.2) is 42.6 Å². The second-order valence-corrected chi connectivity index (χ2v) is 8.13. The fourth-order valence-electron chi connectivity index (χ4n) is 4.09. The maximum absolute atomic E-state index is 13.0. The van der Waals surface area contributed by atoms with Crippen molar-refractivity contribution in [3.63, 3.8) is 0 Å². The standard InChI is InChI=1S/C23H28N6O2/c1-16-11-13-27(25-16)15-22(30)28-12-5-4-6-21(28)23(31)24-19-7-9-20(10-8-19)29-18(3)14-17(2)26-29/h7-11,13-14,21H,4-6,12,15H2,1-3H3,(H,24,31)/t21-/m0/s1. The van der Waals surface area contributed by atoms with Gasteiger partial charge in [0.15, 0.2) is 0 Å². The van der Waals surface area contributed by atoms with Gasteiger partial charge in [-0.1, -0.05) is 0 Å². The average molecular weight is 421 g/mol. The van der Waals surface area contributed by atoms with Crippen LogP contribution in [-0.2, 0) is 16.1 Å². The van der Waals surface area contributed by atoms with E-state index < -0.39 is 6.04 Å². The predicted molar refractivity (Wildman–Crippen MR) is 118 cm³/mol. The smallest absolute Gasteiger partial charge is 0.247 e. The van der Waals surface area contributed by atoms with Crippen molar-refractivity contribution < 1.29 is 9.59 Å². The van der Waals surface area contributed by atoms with E-state index in [0.717, 1.165) is 35.6 Å². The van der Waals surface area contributed by atoms with E-state index in [2.05, 4.69) is 15.5 Å². The van der Waals surface area contributed by atoms with Crippen molar-refractivity contribution >= 4 is 17.5 Å². The molecule has 0 radical (unpaired) electrons. The lowest BCUT2D eigenvalue weighted by atomic mass is 10.0. The van der Waals surface area contributed by atoms with E-state index >= 15 is 0 Å². The maximum atomic E-state index is 13.0. The predicted octanol–water partition coefficient (Wildman–Crippen LogP) is 3.01. The van der Waals surface area contributed by atoms with E-state index in [-0.39, 0.29) is 18.4 Å². The van der Waals surface area contributed by atoms with Crippen molar-refractivity contribution in [2.75, 3.05) is 11.9 Å². The van der Waals surface area contributed by atoms with Gasteiger partial charge in [-0.3, -0.25) is 14.3 Å². The van der Waals surface area contributed by atoms with Crippen molar-refractivity contribution in [1.29, 1.82) is 0 Å². The zero-order valence-corrected chi connectivity index (χ0v) is 18.2. The van der Waals surface area contributed by atoms with Crippen LogP contribution in [-0.4, -0.2) is 48.9 Å². The fourth-order valence-corrected chi connectivity index (χ4v) is 4.09. The first-order valence-corrected chi connectivity index (χ1v) is 10.6. The molecule has 2 amide bonds. The third-order valence-corrected chi connectivity index (χ3v) is 5.59. The van der Waals surface area contributed by atoms with Crippen LogP contribution in [0.25, 0.3) is 5.69 Å². The van der Waals surface area contributed by atoms with Crippen LogP contribution >= 0.6 is 0 Å². The molecule has 162 valence electrons. The molecule has 1 aliphatic heterocycles. The van der Waals surface area contributed by atoms with Crippen molar-refractivity contribution in [2.45, 2.75) is 52.6 Å². The molecular weight excluding hydrogens is 392 g/mol. The number of hydrogen-bond acceptors (Lipinski definition) is 4. The minimum atomic E-state index is -0.464. The number of benzene rings is 1. The Labute approximate surface area is 181 Å². The zero-order chi connectivity index (χ0) is 22.0. The Morgan fingerprint density at radius 2 is 1.81 bits per heavy atom. The second kappa shape index (κ2) is 8.75. The van der Waals surface area contributed by atoms with E-state index in [4.69, 9.17) is 0 Å². The Kier molecular flexibility index (Phi) is 5.88. The fraction of sp³-hybridized carbons (Fsp3) is 0.391. The lowest BCUT2D eigenvalue weighted by Crippen LogP contribution is -2.51. The average Bonchev–Trinajstić information content (AvgIpc) is 3.32. The summed E-state index contributed by atoms with van der Waals surface area (Å²) in [5, 5.41) is 11.8. The number of anilines is 1. The molecule has 0 spiro atoms. The molecular formula is C23H28N6O2. The molecule has 3 aromatic rings. The summed E-state index contributed by atoms with van der Waals surface area (Å²) in [7, 11) is 0. The number of aryl methyl sites for hydroxylation is 3. The van der Waals surface area contributed by atoms with Gasteiger partial charge in [0.25, 0.3) is 0 Å². The first-order chi connectivity index (χ1) is 14.9. The SMILES string of the molecule is Cc1ccn(CC(=O)N2CCCC[C@H]2C(=O)Nc2ccc(-n3nc(C)cc3C)cc2)n1. The summed E-state index contributed by atoms with van der Waals surface area (Å²) in [5.74, 6) is -0.230. The van der Waals surface area contributed by atoms with Gasteiger partial charge in [-0.05, 0) is 76.4 Å². The van der Waals surface area contributed by atoms with Crippen molar-refractivity contribution in [3.05, 3.63) is 59.7 Å². The molecule has 8 heteroatoms. The molecule has 0 saturated carbocycles. The first-order valence-electron chi connectivity index (χ1n) is 10.6. The van der Waals surface area contributed by atoms with E-state index in [1.807, 2.05) is 61.9 Å². The number of aromatic nitrogens is 4. The van der Waals surface area contributed by atoms with Gasteiger partial charge < -0.3 is 10.2 Å². The first kappa shape index (κ1) is 20.8. The Hall–Kier alpha value is -3.42. The normalized spacial score (nSPS) is 16.4. The Morgan fingerprint density at radius 3 is 2.45 bits per heavy atom. The van der Waals surface area contributed by atoms with E-state index in [1.165, 1.54) is 0 Å². The van der Waals surface area contributed by atoms with Gasteiger partial charge in [-0.25, -0.2) is 4.68 Å². The van der Waals surface area contributed by atoms with Crippen LogP contribution < -0.4 is 5.32 Å². The summed E-state index contributed by atoms with van der Waals surface area (Å²) in [6.07, 6.45) is 4.29. The highest BCUT2D eigenvalue weighted by molar-refractivity contribution is 5.97. The highest BCUT2D eigenvalue weighted by Crippen LogP contribution is 2.21. The number of nitrogens with zero attached hydrogens (tertiary/aromatic N) is 5. The van der Waals surface area contributed by atoms with Crippen LogP contribution in [0.3, 0.4) is 0 Å². The molecule has 1 aromatic carbocycles. The van der Waals surface area contributed by atoms with Crippen molar-refractivity contribution in [2.24, 2.45) is 0 Å². The van der Waals surface area contributed by atoms with Crippen molar-refractivity contribution in [1.82, 2.24) is 24.5 Å². The summed E-state index contributed by atoms with van der Waals surface area (Å²) in [4.78, 5) is 27.6. The van der Waals surface area contributed by atoms with Crippen molar-refractivity contribution in [3.8, 4) is 5.69 Å². The van der Waals surface area contributed by atoms with Gasteiger partial charge >= 0.3 is 0 Å². The molecule has 3 heterocycles. The van der Waals surface area contributed by atoms with Gasteiger partial charge in [-0.2, -0.15) is 10.2 Å². The molecule has 0 unspecified atom stereocenters. The molecule has 31 heavy (non-hydrogen) atoms. The number of carbonyl (C=O) groups is 2. The minimum absolute atomic E-state index is 0.0807. The molecule has 8 nitrogen and oxygen atoms in total. The Bertz CT molecular complexity index is 1080. The summed E-state index contributed by atoms with van der Waals surface area (Å²) >= 11 is 0. The number of nitrogens with one attached hydrogen (secondary N) is 1. The molecule has 1 atom stereocenters. The lowest BCUT2D eigenvalue weighted by molar-refractivity contribution is -0.141. The van der Waals surface area contributed by atoms with Crippen LogP contribution in [0.5, 0.6) is 0 Å². The summed E-state index contributed by atoms with van der Waals surface area (Å²) in [6, 6.07) is 11.0. The quantitative estimate of drug-likeness (QED) is 0.688. The maximum Gasteiger partial charge on any atom is 0.247 e. The minimum Gasteiger partial charge on any atom is -0.329 e. The molecule has 1 aliphatic rings. The number of rotatable bonds is 5. The van der Waals surface area contributed by atoms with Crippen LogP contribution in [0.2, 0.25) is 0 Å². The molecule has 1 saturated heterocycles. The molecule has 0 bridgehead atoms. The third kappa shape index (κ3) is 4.68. The van der Waals surface area contributed by atoms with Gasteiger partial charge in [0, 0.05) is 24.1 Å². The van der Waals surface area contributed by atoms with E-state index in [0.29, 0.717) is 18.7 Å². The summed E-state index contributed by atoms with van der Waals surface area (Å²) < 4.78 is 3.50. The van der Waals surface area contributed by atoms with Gasteiger partial charge in [0.1, 0.15) is 12.6 Å². The summed E-state index contributed by atoms with van der Waals surface area (Å²) in [6.45, 7) is 6.60. The van der Waals surface area contributed by atoms with Gasteiger partial charge in [0.2, 0.25) is 11.8 Å².